The molecule has 1 aromatic heterocycles. The lowest BCUT2D eigenvalue weighted by atomic mass is 10.1. The number of aromatic nitrogens is 2. The minimum absolute atomic E-state index is 0.0755. The van der Waals surface area contributed by atoms with Crippen LogP contribution in [0.1, 0.15) is 27.7 Å². The van der Waals surface area contributed by atoms with Crippen LogP contribution in [0.15, 0.2) is 22.2 Å². The number of sulfone groups is 1. The summed E-state index contributed by atoms with van der Waals surface area (Å²) >= 11 is 5.55. The maximum Gasteiger partial charge on any atom is 0.288 e. The van der Waals surface area contributed by atoms with Crippen LogP contribution in [0.4, 0.5) is 0 Å². The number of nitrogens with zero attached hydrogens (tertiary/aromatic N) is 2. The Morgan fingerprint density at radius 2 is 2.00 bits per heavy atom. The first-order valence-electron chi connectivity index (χ1n) is 5.50. The van der Waals surface area contributed by atoms with Gasteiger partial charge in [-0.1, -0.05) is 0 Å². The third-order valence-corrected chi connectivity index (χ3v) is 5.24. The maximum absolute atomic E-state index is 12.2. The molecule has 1 heterocycles. The minimum Gasteiger partial charge on any atom is -0.306 e. The zero-order valence-corrected chi connectivity index (χ0v) is 12.4. The van der Waals surface area contributed by atoms with Gasteiger partial charge in [0.05, 0.1) is 5.25 Å². The zero-order chi connectivity index (χ0) is 14.1. The molecule has 5 nitrogen and oxygen atoms in total. The quantitative estimate of drug-likeness (QED) is 0.790. The molecule has 0 aromatic carbocycles. The van der Waals surface area contributed by atoms with Crippen molar-refractivity contribution in [3.8, 4) is 0 Å². The van der Waals surface area contributed by atoms with Gasteiger partial charge in [0.15, 0.2) is 0 Å². The van der Waals surface area contributed by atoms with E-state index in [-0.39, 0.29) is 5.88 Å². The molecule has 0 amide bonds. The summed E-state index contributed by atoms with van der Waals surface area (Å²) in [5.41, 5.74) is -1.11. The van der Waals surface area contributed by atoms with Crippen molar-refractivity contribution < 1.29 is 8.42 Å². The molecule has 0 radical (unpaired) electrons. The second-order valence-corrected chi connectivity index (χ2v) is 7.68. The monoisotopic (exact) mass is 292 g/mol. The average Bonchev–Trinajstić information content (AvgIpc) is 2.26. The van der Waals surface area contributed by atoms with Crippen LogP contribution in [-0.4, -0.2) is 29.1 Å². The van der Waals surface area contributed by atoms with Gasteiger partial charge >= 0.3 is 0 Å². The van der Waals surface area contributed by atoms with E-state index < -0.39 is 31.2 Å². The summed E-state index contributed by atoms with van der Waals surface area (Å²) in [4.78, 5) is 15.9. The van der Waals surface area contributed by atoms with Gasteiger partial charge in [0.25, 0.3) is 5.56 Å². The Balaban J connectivity index is 3.52. The minimum atomic E-state index is -3.78. The Morgan fingerprint density at radius 3 is 2.44 bits per heavy atom. The third kappa shape index (κ3) is 2.75. The number of hydrogen-bond acceptors (Lipinski definition) is 4. The molecule has 0 spiro atoms. The molecule has 0 fully saturated rings. The predicted molar refractivity (Wildman–Crippen MR) is 70.9 cm³/mol. The molecule has 0 saturated heterocycles. The number of hydrogen-bond donors (Lipinski definition) is 0. The van der Waals surface area contributed by atoms with Gasteiger partial charge in [-0.05, 0) is 27.7 Å². The Bertz CT molecular complexity index is 587. The summed E-state index contributed by atoms with van der Waals surface area (Å²) in [6.07, 6.45) is 2.80. The van der Waals surface area contributed by atoms with Crippen molar-refractivity contribution in [3.63, 3.8) is 0 Å². The molecule has 7 heteroatoms. The zero-order valence-electron chi connectivity index (χ0n) is 10.8. The van der Waals surface area contributed by atoms with Gasteiger partial charge in [0.1, 0.15) is 0 Å². The highest BCUT2D eigenvalue weighted by atomic mass is 35.5. The van der Waals surface area contributed by atoms with Gasteiger partial charge in [0, 0.05) is 23.8 Å². The summed E-state index contributed by atoms with van der Waals surface area (Å²) < 4.78 is 25.6. The lowest BCUT2D eigenvalue weighted by Crippen LogP contribution is -2.38. The lowest BCUT2D eigenvalue weighted by molar-refractivity contribution is 0.376. The van der Waals surface area contributed by atoms with Gasteiger partial charge in [-0.2, -0.15) is 0 Å². The summed E-state index contributed by atoms with van der Waals surface area (Å²) in [5.74, 6) is -0.0755. The summed E-state index contributed by atoms with van der Waals surface area (Å²) in [7, 11) is -3.78. The van der Waals surface area contributed by atoms with E-state index in [1.165, 1.54) is 23.9 Å². The molecule has 0 N–H and O–H groups in total. The first-order valence-corrected chi connectivity index (χ1v) is 7.58. The van der Waals surface area contributed by atoms with Gasteiger partial charge in [-0.3, -0.25) is 4.79 Å². The molecule has 18 heavy (non-hydrogen) atoms. The molecule has 102 valence electrons. The van der Waals surface area contributed by atoms with Crippen LogP contribution in [-0.2, 0) is 15.4 Å². The van der Waals surface area contributed by atoms with Crippen molar-refractivity contribution in [2.75, 3.05) is 5.88 Å². The van der Waals surface area contributed by atoms with Crippen molar-refractivity contribution in [1.82, 2.24) is 9.55 Å². The average molecular weight is 293 g/mol. The first kappa shape index (κ1) is 15.2. The van der Waals surface area contributed by atoms with E-state index in [1.807, 2.05) is 20.8 Å². The normalized spacial score (nSPS) is 14.5. The van der Waals surface area contributed by atoms with Crippen molar-refractivity contribution in [2.24, 2.45) is 0 Å². The molecular formula is C11H17ClN2O3S. The molecule has 1 rings (SSSR count). The number of rotatable bonds is 3. The van der Waals surface area contributed by atoms with Gasteiger partial charge in [0.2, 0.25) is 14.9 Å². The van der Waals surface area contributed by atoms with Crippen molar-refractivity contribution >= 4 is 21.4 Å². The van der Waals surface area contributed by atoms with Gasteiger partial charge < -0.3 is 4.57 Å². The van der Waals surface area contributed by atoms with E-state index in [9.17, 15) is 13.2 Å². The summed E-state index contributed by atoms with van der Waals surface area (Å²) in [6.45, 7) is 6.90. The van der Waals surface area contributed by atoms with Crippen molar-refractivity contribution in [1.29, 1.82) is 0 Å². The fraction of sp³-hybridized carbons (Fsp3) is 0.636. The lowest BCUT2D eigenvalue weighted by Gasteiger charge is -2.22. The maximum atomic E-state index is 12.2. The molecular weight excluding hydrogens is 276 g/mol. The molecule has 0 aliphatic rings. The highest BCUT2D eigenvalue weighted by molar-refractivity contribution is 7.92. The fourth-order valence-electron chi connectivity index (χ4n) is 1.39. The summed E-state index contributed by atoms with van der Waals surface area (Å²) in [5, 5.41) is -1.27. The van der Waals surface area contributed by atoms with Gasteiger partial charge in [-0.25, -0.2) is 13.4 Å². The first-order chi connectivity index (χ1) is 8.12. The summed E-state index contributed by atoms with van der Waals surface area (Å²) in [6, 6.07) is 0. The van der Waals surface area contributed by atoms with Crippen LogP contribution in [0.5, 0.6) is 0 Å². The largest absolute Gasteiger partial charge is 0.306 e. The van der Waals surface area contributed by atoms with Crippen LogP contribution in [0, 0.1) is 0 Å². The van der Waals surface area contributed by atoms with Crippen LogP contribution >= 0.6 is 11.6 Å². The second kappa shape index (κ2) is 5.01. The number of alkyl halides is 1. The standard InChI is InChI=1S/C11H17ClN2O3S/c1-8(7-12)18(16,17)9-10(15)14(6-5-13-9)11(2,3)4/h5-6,8H,7H2,1-4H3. The molecule has 1 atom stereocenters. The Morgan fingerprint density at radius 1 is 1.44 bits per heavy atom. The van der Waals surface area contributed by atoms with Crippen LogP contribution < -0.4 is 5.56 Å². The Hall–Kier alpha value is -0.880. The highest BCUT2D eigenvalue weighted by Gasteiger charge is 2.29. The smallest absolute Gasteiger partial charge is 0.288 e. The van der Waals surface area contributed by atoms with E-state index in [4.69, 9.17) is 11.6 Å². The molecule has 0 aliphatic heterocycles. The Kier molecular flexibility index (Phi) is 4.23. The van der Waals surface area contributed by atoms with E-state index in [0.29, 0.717) is 0 Å². The van der Waals surface area contributed by atoms with E-state index in [2.05, 4.69) is 4.98 Å². The van der Waals surface area contributed by atoms with Gasteiger partial charge in [-0.15, -0.1) is 11.6 Å². The number of halogens is 1. The Labute approximate surface area is 112 Å². The highest BCUT2D eigenvalue weighted by Crippen LogP contribution is 2.14. The topological polar surface area (TPSA) is 69.0 Å². The van der Waals surface area contributed by atoms with E-state index >= 15 is 0 Å². The predicted octanol–water partition coefficient (Wildman–Crippen LogP) is 1.40. The van der Waals surface area contributed by atoms with E-state index in [0.717, 1.165) is 0 Å². The molecule has 0 aliphatic carbocycles. The van der Waals surface area contributed by atoms with Crippen LogP contribution in [0.3, 0.4) is 0 Å². The molecule has 0 saturated carbocycles. The van der Waals surface area contributed by atoms with Crippen LogP contribution in [0.25, 0.3) is 0 Å². The van der Waals surface area contributed by atoms with E-state index in [1.54, 1.807) is 0 Å². The fourth-order valence-corrected chi connectivity index (χ4v) is 2.98. The molecule has 0 bridgehead atoms. The van der Waals surface area contributed by atoms with Crippen molar-refractivity contribution in [3.05, 3.63) is 22.7 Å². The van der Waals surface area contributed by atoms with Crippen molar-refractivity contribution in [2.45, 2.75) is 43.5 Å². The molecule has 1 unspecified atom stereocenters. The third-order valence-electron chi connectivity index (χ3n) is 2.55. The van der Waals surface area contributed by atoms with Crippen LogP contribution in [0.2, 0.25) is 0 Å². The second-order valence-electron chi connectivity index (χ2n) is 5.09. The molecule has 1 aromatic rings. The SMILES string of the molecule is CC(CCl)S(=O)(=O)c1nccn(C(C)(C)C)c1=O.